The summed E-state index contributed by atoms with van der Waals surface area (Å²) in [6, 6.07) is 3.42. The van der Waals surface area contributed by atoms with Crippen LogP contribution in [0.15, 0.2) is 12.1 Å². The van der Waals surface area contributed by atoms with E-state index in [1.165, 1.54) is 4.68 Å². The molecule has 4 rings (SSSR count). The molecule has 0 aliphatic heterocycles. The summed E-state index contributed by atoms with van der Waals surface area (Å²) in [5, 5.41) is 23.3. The maximum Gasteiger partial charge on any atom is 0.320 e. The number of pyridine rings is 1. The van der Waals surface area contributed by atoms with Crippen LogP contribution in [0.4, 0.5) is 10.6 Å². The number of anilines is 1. The summed E-state index contributed by atoms with van der Waals surface area (Å²) >= 11 is 0. The minimum Gasteiger partial charge on any atom is -0.489 e. The van der Waals surface area contributed by atoms with E-state index in [1.807, 2.05) is 19.9 Å². The first kappa shape index (κ1) is 22.0. The van der Waals surface area contributed by atoms with Gasteiger partial charge in [0.25, 0.3) is 0 Å². The van der Waals surface area contributed by atoms with Crippen LogP contribution in [-0.2, 0) is 11.8 Å². The third-order valence-corrected chi connectivity index (χ3v) is 6.30. The Hall–Kier alpha value is -3.17. The largest absolute Gasteiger partial charge is 0.489 e. The lowest BCUT2D eigenvalue weighted by molar-refractivity contribution is -0.143. The van der Waals surface area contributed by atoms with E-state index < -0.39 is 5.97 Å². The van der Waals surface area contributed by atoms with Gasteiger partial charge in [0.2, 0.25) is 0 Å². The Balaban J connectivity index is 1.46. The Morgan fingerprint density at radius 1 is 1.25 bits per heavy atom. The van der Waals surface area contributed by atoms with Crippen molar-refractivity contribution in [2.75, 3.05) is 5.32 Å². The summed E-state index contributed by atoms with van der Waals surface area (Å²) in [5.74, 6) is 0.517. The molecule has 1 unspecified atom stereocenters. The van der Waals surface area contributed by atoms with E-state index >= 15 is 0 Å². The second kappa shape index (κ2) is 9.13. The predicted molar refractivity (Wildman–Crippen MR) is 117 cm³/mol. The minimum absolute atomic E-state index is 0.122. The summed E-state index contributed by atoms with van der Waals surface area (Å²) in [4.78, 5) is 28.4. The van der Waals surface area contributed by atoms with Gasteiger partial charge in [0, 0.05) is 13.1 Å². The third-order valence-electron chi connectivity index (χ3n) is 6.30. The molecule has 2 amide bonds. The summed E-state index contributed by atoms with van der Waals surface area (Å²) < 4.78 is 7.59. The molecule has 0 aromatic carbocycles. The van der Waals surface area contributed by atoms with Gasteiger partial charge in [0.15, 0.2) is 11.5 Å². The molecule has 2 aromatic heterocycles. The first-order valence-corrected chi connectivity index (χ1v) is 11.2. The second-order valence-corrected chi connectivity index (χ2v) is 8.86. The van der Waals surface area contributed by atoms with Crippen molar-refractivity contribution in [3.05, 3.63) is 17.8 Å². The topological polar surface area (TPSA) is 131 Å². The zero-order valence-corrected chi connectivity index (χ0v) is 18.7. The third kappa shape index (κ3) is 5.00. The van der Waals surface area contributed by atoms with Gasteiger partial charge in [0.1, 0.15) is 5.75 Å². The number of aryl methyl sites for hydroxylation is 2. The smallest absolute Gasteiger partial charge is 0.320 e. The van der Waals surface area contributed by atoms with E-state index in [4.69, 9.17) is 4.74 Å². The van der Waals surface area contributed by atoms with E-state index in [9.17, 15) is 14.7 Å². The number of aromatic nitrogens is 4. The van der Waals surface area contributed by atoms with Crippen LogP contribution in [0.1, 0.15) is 51.1 Å². The van der Waals surface area contributed by atoms with Crippen molar-refractivity contribution >= 4 is 17.8 Å². The lowest BCUT2D eigenvalue weighted by Gasteiger charge is -2.27. The average Bonchev–Trinajstić information content (AvgIpc) is 3.55. The van der Waals surface area contributed by atoms with Crippen LogP contribution in [0.25, 0.3) is 11.4 Å². The fourth-order valence-corrected chi connectivity index (χ4v) is 4.19. The molecule has 3 atom stereocenters. The highest BCUT2D eigenvalue weighted by Crippen LogP contribution is 2.33. The first-order valence-electron chi connectivity index (χ1n) is 11.2. The van der Waals surface area contributed by atoms with Crippen molar-refractivity contribution < 1.29 is 19.4 Å². The lowest BCUT2D eigenvalue weighted by Crippen LogP contribution is -2.37. The molecular weight excluding hydrogens is 412 g/mol. The fourth-order valence-electron chi connectivity index (χ4n) is 4.19. The highest BCUT2D eigenvalue weighted by molar-refractivity contribution is 5.92. The Bertz CT molecular complexity index is 1000. The van der Waals surface area contributed by atoms with Gasteiger partial charge in [-0.3, -0.25) is 10.1 Å². The number of carbonyl (C=O) groups excluding carboxylic acids is 1. The van der Waals surface area contributed by atoms with Crippen LogP contribution in [0.2, 0.25) is 0 Å². The number of carbonyl (C=O) groups is 2. The van der Waals surface area contributed by atoms with Gasteiger partial charge in [0.05, 0.1) is 23.4 Å². The molecule has 2 aromatic rings. The van der Waals surface area contributed by atoms with Crippen molar-refractivity contribution in [2.24, 2.45) is 18.9 Å². The maximum absolute atomic E-state index is 12.4. The van der Waals surface area contributed by atoms with E-state index in [1.54, 1.807) is 13.1 Å². The van der Waals surface area contributed by atoms with Gasteiger partial charge in [-0.05, 0) is 70.4 Å². The number of ether oxygens (including phenoxy) is 1. The van der Waals surface area contributed by atoms with E-state index in [0.717, 1.165) is 25.7 Å². The van der Waals surface area contributed by atoms with Crippen molar-refractivity contribution in [1.82, 2.24) is 25.3 Å². The maximum atomic E-state index is 12.4. The SMILES string of the molecule is Cc1nc(-c2nnn(C)c2NC(=O)NC(C)C2CC2)ccc1O[C@H]1CCC[C@H](C(=O)O)C1. The van der Waals surface area contributed by atoms with E-state index in [0.29, 0.717) is 47.4 Å². The molecule has 2 saturated carbocycles. The van der Waals surface area contributed by atoms with Gasteiger partial charge in [-0.1, -0.05) is 5.21 Å². The van der Waals surface area contributed by atoms with Crippen LogP contribution in [0, 0.1) is 18.8 Å². The molecule has 10 heteroatoms. The van der Waals surface area contributed by atoms with Crippen LogP contribution in [0.3, 0.4) is 0 Å². The number of carboxylic acid groups (broad SMARTS) is 1. The molecule has 3 N–H and O–H groups in total. The second-order valence-electron chi connectivity index (χ2n) is 8.86. The van der Waals surface area contributed by atoms with E-state index in [-0.39, 0.29) is 24.1 Å². The summed E-state index contributed by atoms with van der Waals surface area (Å²) in [5.41, 5.74) is 1.71. The number of hydrogen-bond donors (Lipinski definition) is 3. The molecule has 2 aliphatic carbocycles. The number of nitrogens with zero attached hydrogens (tertiary/aromatic N) is 4. The average molecular weight is 443 g/mol. The summed E-state index contributed by atoms with van der Waals surface area (Å²) in [7, 11) is 1.71. The number of nitrogens with one attached hydrogen (secondary N) is 2. The molecule has 32 heavy (non-hydrogen) atoms. The normalized spacial score (nSPS) is 21.6. The van der Waals surface area contributed by atoms with Crippen molar-refractivity contribution in [1.29, 1.82) is 0 Å². The molecule has 172 valence electrons. The number of aliphatic carboxylic acids is 1. The van der Waals surface area contributed by atoms with Gasteiger partial charge >= 0.3 is 12.0 Å². The van der Waals surface area contributed by atoms with Crippen molar-refractivity contribution in [3.63, 3.8) is 0 Å². The van der Waals surface area contributed by atoms with Gasteiger partial charge < -0.3 is 15.2 Å². The van der Waals surface area contributed by atoms with Crippen LogP contribution < -0.4 is 15.4 Å². The standard InChI is InChI=1S/C22H30N6O4/c1-12(14-7-8-14)24-22(31)25-20-19(26-27-28(20)3)17-9-10-18(13(2)23-17)32-16-6-4-5-15(11-16)21(29)30/h9-10,12,14-16H,4-8,11H2,1-3H3,(H,29,30)(H2,24,25,31)/t12?,15-,16-/m0/s1. The quantitative estimate of drug-likeness (QED) is 0.600. The van der Waals surface area contributed by atoms with Crippen LogP contribution >= 0.6 is 0 Å². The van der Waals surface area contributed by atoms with Crippen LogP contribution in [0.5, 0.6) is 5.75 Å². The summed E-state index contributed by atoms with van der Waals surface area (Å²) in [6.45, 7) is 3.85. The molecule has 2 fully saturated rings. The number of carboxylic acids is 1. The van der Waals surface area contributed by atoms with Gasteiger partial charge in [-0.15, -0.1) is 5.10 Å². The highest BCUT2D eigenvalue weighted by atomic mass is 16.5. The first-order chi connectivity index (χ1) is 15.3. The molecular formula is C22H30N6O4. The Kier molecular flexibility index (Phi) is 6.29. The monoisotopic (exact) mass is 442 g/mol. The highest BCUT2D eigenvalue weighted by Gasteiger charge is 2.30. The van der Waals surface area contributed by atoms with Crippen molar-refractivity contribution in [3.8, 4) is 17.1 Å². The van der Waals surface area contributed by atoms with E-state index in [2.05, 4.69) is 25.9 Å². The summed E-state index contributed by atoms with van der Waals surface area (Å²) in [6.07, 6.45) is 5.02. The fraction of sp³-hybridized carbons (Fsp3) is 0.591. The number of amides is 2. The number of hydrogen-bond acceptors (Lipinski definition) is 6. The number of urea groups is 1. The molecule has 2 heterocycles. The molecule has 0 spiro atoms. The Morgan fingerprint density at radius 2 is 2.03 bits per heavy atom. The van der Waals surface area contributed by atoms with Crippen molar-refractivity contribution in [2.45, 2.75) is 64.5 Å². The Morgan fingerprint density at radius 3 is 2.72 bits per heavy atom. The molecule has 2 aliphatic rings. The number of rotatable bonds is 7. The Labute approximate surface area is 186 Å². The zero-order chi connectivity index (χ0) is 22.8. The van der Waals surface area contributed by atoms with Gasteiger partial charge in [-0.2, -0.15) is 0 Å². The molecule has 0 bridgehead atoms. The van der Waals surface area contributed by atoms with Crippen LogP contribution in [-0.4, -0.2) is 49.2 Å². The lowest BCUT2D eigenvalue weighted by atomic mass is 9.87. The molecule has 0 radical (unpaired) electrons. The zero-order valence-electron chi connectivity index (χ0n) is 18.7. The molecule has 10 nitrogen and oxygen atoms in total. The molecule has 0 saturated heterocycles. The predicted octanol–water partition coefficient (Wildman–Crippen LogP) is 3.13. The minimum atomic E-state index is -0.762. The van der Waals surface area contributed by atoms with Gasteiger partial charge in [-0.25, -0.2) is 14.5 Å².